The number of aromatic amines is 1. The molecule has 1 fully saturated rings. The fraction of sp³-hybridized carbons (Fsp3) is 0.312. The lowest BCUT2D eigenvalue weighted by molar-refractivity contribution is 0.102. The number of nitrogens with one attached hydrogen (secondary N) is 2. The smallest absolute Gasteiger partial charge is 0.272 e. The van der Waals surface area contributed by atoms with Gasteiger partial charge in [0.15, 0.2) is 0 Å². The number of amides is 1. The number of H-pyrrole nitrogens is 1. The van der Waals surface area contributed by atoms with Crippen LogP contribution in [0.25, 0.3) is 0 Å². The van der Waals surface area contributed by atoms with Crippen LogP contribution in [0.3, 0.4) is 0 Å². The van der Waals surface area contributed by atoms with E-state index in [4.69, 9.17) is 10.5 Å². The van der Waals surface area contributed by atoms with Gasteiger partial charge in [-0.2, -0.15) is 16.1 Å². The van der Waals surface area contributed by atoms with Gasteiger partial charge in [-0.25, -0.2) is 8.42 Å². The minimum absolute atomic E-state index is 0.0868. The molecule has 10 heteroatoms. The first-order chi connectivity index (χ1) is 12.4. The molecule has 1 amide bonds. The topological polar surface area (TPSA) is 118 Å². The second-order valence-electron chi connectivity index (χ2n) is 5.68. The molecule has 1 aromatic heterocycles. The largest absolute Gasteiger partial charge is 0.495 e. The first kappa shape index (κ1) is 18.6. The van der Waals surface area contributed by atoms with E-state index in [-0.39, 0.29) is 10.6 Å². The summed E-state index contributed by atoms with van der Waals surface area (Å²) in [6.07, 6.45) is 1.34. The number of carbonyl (C=O) groups is 1. The van der Waals surface area contributed by atoms with E-state index in [9.17, 15) is 13.2 Å². The van der Waals surface area contributed by atoms with Crippen LogP contribution < -0.4 is 15.8 Å². The number of anilines is 2. The molecule has 1 aliphatic heterocycles. The summed E-state index contributed by atoms with van der Waals surface area (Å²) in [5.41, 5.74) is 6.85. The number of nitrogen functional groups attached to an aromatic ring is 1. The first-order valence-electron chi connectivity index (χ1n) is 7.93. The van der Waals surface area contributed by atoms with Crippen LogP contribution in [0, 0.1) is 0 Å². The molecule has 0 unspecified atom stereocenters. The third-order valence-electron chi connectivity index (χ3n) is 4.00. The summed E-state index contributed by atoms with van der Waals surface area (Å²) in [5.74, 6) is 1.60. The van der Waals surface area contributed by atoms with E-state index in [1.54, 1.807) is 30.0 Å². The van der Waals surface area contributed by atoms with Crippen LogP contribution in [0.2, 0.25) is 0 Å². The minimum Gasteiger partial charge on any atom is -0.495 e. The summed E-state index contributed by atoms with van der Waals surface area (Å²) in [7, 11) is -2.09. The molecule has 8 nitrogen and oxygen atoms in total. The zero-order valence-corrected chi connectivity index (χ0v) is 15.8. The molecule has 0 bridgehead atoms. The number of nitrogens with zero attached hydrogens (tertiary/aromatic N) is 1. The third-order valence-corrected chi connectivity index (χ3v) is 6.82. The Labute approximate surface area is 156 Å². The highest BCUT2D eigenvalue weighted by molar-refractivity contribution is 7.99. The molecular weight excluding hydrogens is 376 g/mol. The molecule has 2 aromatic rings. The summed E-state index contributed by atoms with van der Waals surface area (Å²) < 4.78 is 31.8. The van der Waals surface area contributed by atoms with E-state index in [2.05, 4.69) is 10.3 Å². The van der Waals surface area contributed by atoms with Gasteiger partial charge in [-0.15, -0.1) is 0 Å². The van der Waals surface area contributed by atoms with Gasteiger partial charge in [0.1, 0.15) is 16.3 Å². The maximum atomic E-state index is 12.6. The molecule has 1 saturated heterocycles. The predicted molar refractivity (Wildman–Crippen MR) is 102 cm³/mol. The summed E-state index contributed by atoms with van der Waals surface area (Å²) in [5, 5.41) is 2.68. The minimum atomic E-state index is -3.59. The molecule has 26 heavy (non-hydrogen) atoms. The number of sulfonamides is 1. The van der Waals surface area contributed by atoms with Crippen molar-refractivity contribution in [3.63, 3.8) is 0 Å². The second-order valence-corrected chi connectivity index (χ2v) is 8.84. The van der Waals surface area contributed by atoms with Gasteiger partial charge in [0.2, 0.25) is 10.0 Å². The van der Waals surface area contributed by atoms with Crippen molar-refractivity contribution in [2.45, 2.75) is 4.90 Å². The van der Waals surface area contributed by atoms with Crippen LogP contribution in [0.1, 0.15) is 10.5 Å². The Morgan fingerprint density at radius 1 is 1.31 bits per heavy atom. The average molecular weight is 396 g/mol. The number of rotatable bonds is 5. The SMILES string of the molecule is COc1ccc(NC(=O)c2cc(S(=O)(=O)N3CCSCC3)c[nH]2)cc1N. The standard InChI is InChI=1S/C16H20N4O4S2/c1-24-15-3-2-11(8-13(15)17)19-16(21)14-9-12(10-18-14)26(22,23)20-4-6-25-7-5-20/h2-3,8-10,18H,4-7,17H2,1H3,(H,19,21). The molecule has 2 heterocycles. The highest BCUT2D eigenvalue weighted by Crippen LogP contribution is 2.25. The van der Waals surface area contributed by atoms with E-state index in [0.717, 1.165) is 11.5 Å². The lowest BCUT2D eigenvalue weighted by atomic mass is 10.2. The molecular formula is C16H20N4O4S2. The summed E-state index contributed by atoms with van der Waals surface area (Å²) in [4.78, 5) is 15.2. The monoisotopic (exact) mass is 396 g/mol. The van der Waals surface area contributed by atoms with Crippen molar-refractivity contribution in [3.05, 3.63) is 36.2 Å². The van der Waals surface area contributed by atoms with Crippen molar-refractivity contribution in [1.29, 1.82) is 0 Å². The number of nitrogens with two attached hydrogens (primary N) is 1. The molecule has 1 aliphatic rings. The van der Waals surface area contributed by atoms with Gasteiger partial charge in [-0.1, -0.05) is 0 Å². The van der Waals surface area contributed by atoms with Gasteiger partial charge in [0, 0.05) is 36.5 Å². The molecule has 0 radical (unpaired) electrons. The van der Waals surface area contributed by atoms with E-state index in [1.807, 2.05) is 0 Å². The van der Waals surface area contributed by atoms with Gasteiger partial charge in [0.05, 0.1) is 12.8 Å². The maximum Gasteiger partial charge on any atom is 0.272 e. The summed E-state index contributed by atoms with van der Waals surface area (Å²) >= 11 is 1.73. The highest BCUT2D eigenvalue weighted by Gasteiger charge is 2.27. The number of hydrogen-bond donors (Lipinski definition) is 3. The van der Waals surface area contributed by atoms with E-state index in [1.165, 1.54) is 23.7 Å². The van der Waals surface area contributed by atoms with Crippen LogP contribution in [-0.4, -0.2) is 55.3 Å². The fourth-order valence-corrected chi connectivity index (χ4v) is 5.17. The van der Waals surface area contributed by atoms with Crippen molar-refractivity contribution in [3.8, 4) is 5.75 Å². The predicted octanol–water partition coefficient (Wildman–Crippen LogP) is 1.60. The Morgan fingerprint density at radius 2 is 2.04 bits per heavy atom. The molecule has 140 valence electrons. The lowest BCUT2D eigenvalue weighted by Crippen LogP contribution is -2.37. The van der Waals surface area contributed by atoms with Crippen molar-refractivity contribution >= 4 is 39.1 Å². The molecule has 3 rings (SSSR count). The van der Waals surface area contributed by atoms with Crippen LogP contribution in [0.15, 0.2) is 35.4 Å². The van der Waals surface area contributed by atoms with E-state index >= 15 is 0 Å². The van der Waals surface area contributed by atoms with Gasteiger partial charge in [-0.05, 0) is 24.3 Å². The summed E-state index contributed by atoms with van der Waals surface area (Å²) in [6.45, 7) is 0.954. The van der Waals surface area contributed by atoms with Crippen molar-refractivity contribution in [1.82, 2.24) is 9.29 Å². The second kappa shape index (κ2) is 7.60. The maximum absolute atomic E-state index is 12.6. The molecule has 4 N–H and O–H groups in total. The molecule has 1 aromatic carbocycles. The molecule has 0 spiro atoms. The lowest BCUT2D eigenvalue weighted by Gasteiger charge is -2.24. The molecule has 0 aliphatic carbocycles. The Hall–Kier alpha value is -2.17. The average Bonchev–Trinajstić information content (AvgIpc) is 3.14. The number of thioether (sulfide) groups is 1. The first-order valence-corrected chi connectivity index (χ1v) is 10.5. The Morgan fingerprint density at radius 3 is 2.69 bits per heavy atom. The molecule has 0 atom stereocenters. The van der Waals surface area contributed by atoms with Gasteiger partial charge in [-0.3, -0.25) is 4.79 Å². The Kier molecular flexibility index (Phi) is 5.44. The van der Waals surface area contributed by atoms with Crippen molar-refractivity contribution < 1.29 is 17.9 Å². The Balaban J connectivity index is 1.74. The fourth-order valence-electron chi connectivity index (χ4n) is 2.60. The summed E-state index contributed by atoms with van der Waals surface area (Å²) in [6, 6.07) is 6.21. The third kappa shape index (κ3) is 3.81. The van der Waals surface area contributed by atoms with Gasteiger partial charge >= 0.3 is 0 Å². The number of methoxy groups -OCH3 is 1. The van der Waals surface area contributed by atoms with Crippen LogP contribution >= 0.6 is 11.8 Å². The number of hydrogen-bond acceptors (Lipinski definition) is 6. The normalized spacial score (nSPS) is 15.6. The van der Waals surface area contributed by atoms with Crippen LogP contribution in [-0.2, 0) is 10.0 Å². The van der Waals surface area contributed by atoms with Crippen molar-refractivity contribution in [2.75, 3.05) is 42.8 Å². The number of ether oxygens (including phenoxy) is 1. The van der Waals surface area contributed by atoms with E-state index in [0.29, 0.717) is 30.2 Å². The highest BCUT2D eigenvalue weighted by atomic mass is 32.2. The van der Waals surface area contributed by atoms with Gasteiger partial charge < -0.3 is 20.8 Å². The zero-order chi connectivity index (χ0) is 18.7. The molecule has 0 saturated carbocycles. The van der Waals surface area contributed by atoms with Crippen LogP contribution in [0.4, 0.5) is 11.4 Å². The number of benzene rings is 1. The number of aromatic nitrogens is 1. The zero-order valence-electron chi connectivity index (χ0n) is 14.2. The van der Waals surface area contributed by atoms with Gasteiger partial charge in [0.25, 0.3) is 5.91 Å². The van der Waals surface area contributed by atoms with E-state index < -0.39 is 15.9 Å². The number of carbonyl (C=O) groups excluding carboxylic acids is 1. The quantitative estimate of drug-likeness (QED) is 0.661. The van der Waals surface area contributed by atoms with Crippen LogP contribution in [0.5, 0.6) is 5.75 Å². The Bertz CT molecular complexity index is 905. The van der Waals surface area contributed by atoms with Crippen molar-refractivity contribution in [2.24, 2.45) is 0 Å².